The van der Waals surface area contributed by atoms with Crippen LogP contribution >= 0.6 is 11.3 Å². The minimum atomic E-state index is -0.431. The average Bonchev–Trinajstić information content (AvgIpc) is 3.08. The summed E-state index contributed by atoms with van der Waals surface area (Å²) in [5.41, 5.74) is 2.28. The summed E-state index contributed by atoms with van der Waals surface area (Å²) in [6, 6.07) is 17.2. The number of methoxy groups -OCH3 is 2. The first kappa shape index (κ1) is 19.8. The van der Waals surface area contributed by atoms with Crippen molar-refractivity contribution in [1.82, 2.24) is 4.57 Å². The van der Waals surface area contributed by atoms with Gasteiger partial charge in [0.2, 0.25) is 0 Å². The molecule has 1 aromatic heterocycles. The summed E-state index contributed by atoms with van der Waals surface area (Å²) in [5, 5.41) is 1.90. The van der Waals surface area contributed by atoms with Gasteiger partial charge < -0.3 is 14.0 Å². The number of nitrogens with zero attached hydrogens (tertiary/aromatic N) is 2. The van der Waals surface area contributed by atoms with Crippen LogP contribution < -0.4 is 9.54 Å². The van der Waals surface area contributed by atoms with E-state index < -0.39 is 11.9 Å². The number of carbonyl (C=O) groups excluding carboxylic acids is 2. The molecule has 6 nitrogen and oxygen atoms in total. The lowest BCUT2D eigenvalue weighted by Gasteiger charge is -2.08. The molecule has 1 amide bonds. The van der Waals surface area contributed by atoms with Crippen molar-refractivity contribution in [3.8, 4) is 5.75 Å². The Balaban J connectivity index is 1.88. The number of fused-ring (bicyclic) bond motifs is 2. The first-order valence-corrected chi connectivity index (χ1v) is 10.1. The fourth-order valence-electron chi connectivity index (χ4n) is 3.31. The van der Waals surface area contributed by atoms with Gasteiger partial charge in [-0.25, -0.2) is 0 Å². The van der Waals surface area contributed by atoms with Gasteiger partial charge >= 0.3 is 5.97 Å². The molecule has 7 heteroatoms. The van der Waals surface area contributed by atoms with Crippen LogP contribution in [0.25, 0.3) is 21.0 Å². The third kappa shape index (κ3) is 3.71. The second-order valence-corrected chi connectivity index (χ2v) is 7.84. The van der Waals surface area contributed by atoms with Gasteiger partial charge in [-0.15, -0.1) is 0 Å². The van der Waals surface area contributed by atoms with E-state index in [2.05, 4.69) is 4.99 Å². The molecule has 30 heavy (non-hydrogen) atoms. The normalized spacial score (nSPS) is 11.8. The van der Waals surface area contributed by atoms with Crippen molar-refractivity contribution in [3.63, 3.8) is 0 Å². The molecule has 0 aliphatic heterocycles. The number of hydrogen-bond acceptors (Lipinski definition) is 5. The van der Waals surface area contributed by atoms with Crippen LogP contribution in [0.15, 0.2) is 59.6 Å². The number of carbonyl (C=O) groups is 2. The lowest BCUT2D eigenvalue weighted by atomic mass is 10.1. The summed E-state index contributed by atoms with van der Waals surface area (Å²) in [6.45, 7) is 1.96. The molecule has 152 valence electrons. The lowest BCUT2D eigenvalue weighted by Crippen LogP contribution is -2.22. The molecule has 0 saturated heterocycles. The lowest BCUT2D eigenvalue weighted by molar-refractivity contribution is -0.141. The summed E-state index contributed by atoms with van der Waals surface area (Å²) in [5.74, 6) is -0.383. The van der Waals surface area contributed by atoms with E-state index >= 15 is 0 Å². The van der Waals surface area contributed by atoms with Crippen LogP contribution in [-0.4, -0.2) is 30.7 Å². The molecule has 0 saturated carbocycles. The van der Waals surface area contributed by atoms with Gasteiger partial charge in [-0.1, -0.05) is 41.7 Å². The molecule has 1 heterocycles. The molecule has 4 rings (SSSR count). The zero-order valence-corrected chi connectivity index (χ0v) is 17.7. The van der Waals surface area contributed by atoms with E-state index in [9.17, 15) is 9.59 Å². The van der Waals surface area contributed by atoms with Gasteiger partial charge in [0.1, 0.15) is 12.3 Å². The highest BCUT2D eigenvalue weighted by Gasteiger charge is 2.16. The summed E-state index contributed by atoms with van der Waals surface area (Å²) in [4.78, 5) is 29.9. The van der Waals surface area contributed by atoms with E-state index in [1.165, 1.54) is 25.6 Å². The first-order chi connectivity index (χ1) is 14.5. The van der Waals surface area contributed by atoms with Crippen molar-refractivity contribution in [1.29, 1.82) is 0 Å². The van der Waals surface area contributed by atoms with E-state index in [1.807, 2.05) is 55.5 Å². The second-order valence-electron chi connectivity index (χ2n) is 6.83. The zero-order valence-electron chi connectivity index (χ0n) is 16.8. The zero-order chi connectivity index (χ0) is 21.3. The van der Waals surface area contributed by atoms with Gasteiger partial charge in [0, 0.05) is 0 Å². The quantitative estimate of drug-likeness (QED) is 0.467. The summed E-state index contributed by atoms with van der Waals surface area (Å²) in [6.07, 6.45) is 0. The number of amides is 1. The third-order valence-electron chi connectivity index (χ3n) is 4.85. The molecule has 0 aliphatic rings. The summed E-state index contributed by atoms with van der Waals surface area (Å²) >= 11 is 1.36. The number of rotatable bonds is 4. The minimum absolute atomic E-state index is 0.0273. The van der Waals surface area contributed by atoms with Crippen LogP contribution in [0.5, 0.6) is 5.75 Å². The molecule has 0 radical (unpaired) electrons. The standard InChI is InChI=1S/C23H20N2O4S/c1-14-8-9-18-20(10-14)30-23(25(18)13-21(26)29-3)24-22(27)17-11-15-6-4-5-7-16(15)12-19(17)28-2/h4-12H,13H2,1-3H3. The Bertz CT molecular complexity index is 1350. The third-order valence-corrected chi connectivity index (χ3v) is 5.89. The van der Waals surface area contributed by atoms with Crippen LogP contribution in [0.3, 0.4) is 0 Å². The minimum Gasteiger partial charge on any atom is -0.496 e. The number of benzene rings is 3. The Kier molecular flexibility index (Phi) is 5.37. The van der Waals surface area contributed by atoms with E-state index in [0.717, 1.165) is 26.6 Å². The fraction of sp³-hybridized carbons (Fsp3) is 0.174. The highest BCUT2D eigenvalue weighted by Crippen LogP contribution is 2.27. The maximum atomic E-state index is 13.1. The molecule has 0 atom stereocenters. The SMILES string of the molecule is COC(=O)Cn1c(=NC(=O)c2cc3ccccc3cc2OC)sc2cc(C)ccc21. The second kappa shape index (κ2) is 8.12. The van der Waals surface area contributed by atoms with Crippen molar-refractivity contribution >= 4 is 44.2 Å². The van der Waals surface area contributed by atoms with Crippen LogP contribution in [0.1, 0.15) is 15.9 Å². The molecule has 3 aromatic carbocycles. The van der Waals surface area contributed by atoms with Crippen LogP contribution in [0.2, 0.25) is 0 Å². The predicted molar refractivity (Wildman–Crippen MR) is 117 cm³/mol. The largest absolute Gasteiger partial charge is 0.496 e. The number of ether oxygens (including phenoxy) is 2. The maximum absolute atomic E-state index is 13.1. The van der Waals surface area contributed by atoms with Crippen molar-refractivity contribution in [2.75, 3.05) is 14.2 Å². The van der Waals surface area contributed by atoms with E-state index in [0.29, 0.717) is 16.1 Å². The number of aryl methyl sites for hydroxylation is 1. The van der Waals surface area contributed by atoms with E-state index in [-0.39, 0.29) is 6.54 Å². The molecule has 0 N–H and O–H groups in total. The van der Waals surface area contributed by atoms with Crippen LogP contribution in [0, 0.1) is 6.92 Å². The molecule has 0 bridgehead atoms. The van der Waals surface area contributed by atoms with Gasteiger partial charge in [0.05, 0.1) is 30.0 Å². The molecular weight excluding hydrogens is 400 g/mol. The van der Waals surface area contributed by atoms with Crippen molar-refractivity contribution in [2.24, 2.45) is 4.99 Å². The monoisotopic (exact) mass is 420 g/mol. The Labute approximate surface area is 177 Å². The van der Waals surface area contributed by atoms with Crippen LogP contribution in [-0.2, 0) is 16.1 Å². The number of thiazole rings is 1. The fourth-order valence-corrected chi connectivity index (χ4v) is 4.44. The van der Waals surface area contributed by atoms with E-state index in [1.54, 1.807) is 10.6 Å². The van der Waals surface area contributed by atoms with Gasteiger partial charge in [0.15, 0.2) is 4.80 Å². The van der Waals surface area contributed by atoms with Crippen molar-refractivity contribution in [3.05, 3.63) is 70.5 Å². The Morgan fingerprint density at radius 1 is 1.03 bits per heavy atom. The highest BCUT2D eigenvalue weighted by atomic mass is 32.1. The Hall–Kier alpha value is -3.45. The average molecular weight is 420 g/mol. The molecule has 0 fully saturated rings. The first-order valence-electron chi connectivity index (χ1n) is 9.33. The number of esters is 1. The number of hydrogen-bond donors (Lipinski definition) is 0. The topological polar surface area (TPSA) is 69.9 Å². The van der Waals surface area contributed by atoms with E-state index in [4.69, 9.17) is 9.47 Å². The molecule has 0 aliphatic carbocycles. The Morgan fingerprint density at radius 3 is 2.47 bits per heavy atom. The molecule has 4 aromatic rings. The summed E-state index contributed by atoms with van der Waals surface area (Å²) < 4.78 is 12.9. The van der Waals surface area contributed by atoms with Crippen molar-refractivity contribution in [2.45, 2.75) is 13.5 Å². The molecular formula is C23H20N2O4S. The Morgan fingerprint density at radius 2 is 1.77 bits per heavy atom. The van der Waals surface area contributed by atoms with Gasteiger partial charge in [-0.3, -0.25) is 9.59 Å². The molecule has 0 unspecified atom stereocenters. The summed E-state index contributed by atoms with van der Waals surface area (Å²) in [7, 11) is 2.87. The van der Waals surface area contributed by atoms with Crippen molar-refractivity contribution < 1.29 is 19.1 Å². The van der Waals surface area contributed by atoms with Gasteiger partial charge in [0.25, 0.3) is 5.91 Å². The number of aromatic nitrogens is 1. The van der Waals surface area contributed by atoms with Gasteiger partial charge in [-0.2, -0.15) is 4.99 Å². The maximum Gasteiger partial charge on any atom is 0.325 e. The predicted octanol–water partition coefficient (Wildman–Crippen LogP) is 4.09. The highest BCUT2D eigenvalue weighted by molar-refractivity contribution is 7.16. The van der Waals surface area contributed by atoms with Crippen LogP contribution in [0.4, 0.5) is 0 Å². The van der Waals surface area contributed by atoms with Gasteiger partial charge in [-0.05, 0) is 47.5 Å². The molecule has 0 spiro atoms. The smallest absolute Gasteiger partial charge is 0.325 e.